The monoisotopic (exact) mass is 380 g/mol. The van der Waals surface area contributed by atoms with E-state index in [1.54, 1.807) is 29.5 Å². The fraction of sp³-hybridized carbons (Fsp3) is 0.381. The normalized spacial score (nSPS) is 12.8. The molecule has 1 aliphatic carbocycles. The Morgan fingerprint density at radius 1 is 1.29 bits per heavy atom. The van der Waals surface area contributed by atoms with Crippen LogP contribution in [0.15, 0.2) is 41.1 Å². The van der Waals surface area contributed by atoms with Crippen molar-refractivity contribution in [2.45, 2.75) is 39.3 Å². The lowest BCUT2D eigenvalue weighted by Crippen LogP contribution is -2.30. The number of nitrogens with zero attached hydrogens (tertiary/aromatic N) is 4. The van der Waals surface area contributed by atoms with Gasteiger partial charge >= 0.3 is 0 Å². The fourth-order valence-corrected chi connectivity index (χ4v) is 3.72. The maximum absolute atomic E-state index is 13.2. The molecule has 0 saturated heterocycles. The molecule has 0 aliphatic heterocycles. The molecular formula is C21H24N4O3. The van der Waals surface area contributed by atoms with Crippen molar-refractivity contribution in [3.63, 3.8) is 0 Å². The Balaban J connectivity index is 1.60. The Morgan fingerprint density at radius 3 is 2.89 bits per heavy atom. The van der Waals surface area contributed by atoms with Crippen molar-refractivity contribution in [2.24, 2.45) is 7.05 Å². The number of carbonyl (C=O) groups excluding carboxylic acids is 1. The van der Waals surface area contributed by atoms with Crippen LogP contribution >= 0.6 is 0 Å². The van der Waals surface area contributed by atoms with Crippen LogP contribution in [0.5, 0.6) is 5.88 Å². The van der Waals surface area contributed by atoms with Gasteiger partial charge in [0.05, 0.1) is 37.2 Å². The molecule has 0 radical (unpaired) electrons. The van der Waals surface area contributed by atoms with Crippen LogP contribution in [0.4, 0.5) is 0 Å². The average Bonchev–Trinajstić information content (AvgIpc) is 3.43. The second-order valence-corrected chi connectivity index (χ2v) is 6.91. The number of hydrogen-bond acceptors (Lipinski definition) is 5. The molecule has 146 valence electrons. The Hall–Kier alpha value is -3.09. The van der Waals surface area contributed by atoms with Crippen molar-refractivity contribution in [1.29, 1.82) is 0 Å². The van der Waals surface area contributed by atoms with Gasteiger partial charge in [0.1, 0.15) is 5.76 Å². The van der Waals surface area contributed by atoms with Crippen LogP contribution in [0.25, 0.3) is 0 Å². The van der Waals surface area contributed by atoms with Gasteiger partial charge in [-0.2, -0.15) is 5.10 Å². The van der Waals surface area contributed by atoms with E-state index in [9.17, 15) is 4.79 Å². The summed E-state index contributed by atoms with van der Waals surface area (Å²) < 4.78 is 12.8. The standard InChI is InChI=1S/C21H24N4O3/c1-3-27-20-10-9-15(12-22-20)21(26)25(13-16-6-5-11-28-16)14-18-17-7-4-8-19(17)24(2)23-18/h5-6,9-12H,3-4,7-8,13-14H2,1-2H3. The number of amides is 1. The molecule has 7 nitrogen and oxygen atoms in total. The van der Waals surface area contributed by atoms with Gasteiger partial charge in [0, 0.05) is 25.0 Å². The lowest BCUT2D eigenvalue weighted by atomic mass is 10.1. The van der Waals surface area contributed by atoms with Gasteiger partial charge in [-0.3, -0.25) is 9.48 Å². The Labute approximate surface area is 163 Å². The summed E-state index contributed by atoms with van der Waals surface area (Å²) in [5.74, 6) is 1.14. The summed E-state index contributed by atoms with van der Waals surface area (Å²) in [5.41, 5.74) is 4.05. The molecule has 0 spiro atoms. The number of aromatic nitrogens is 3. The number of aryl methyl sites for hydroxylation is 1. The average molecular weight is 380 g/mol. The predicted octanol–water partition coefficient (Wildman–Crippen LogP) is 3.14. The maximum Gasteiger partial charge on any atom is 0.256 e. The summed E-state index contributed by atoms with van der Waals surface area (Å²) >= 11 is 0. The zero-order valence-corrected chi connectivity index (χ0v) is 16.2. The highest BCUT2D eigenvalue weighted by Crippen LogP contribution is 2.26. The molecule has 0 N–H and O–H groups in total. The largest absolute Gasteiger partial charge is 0.478 e. The molecule has 0 atom stereocenters. The van der Waals surface area contributed by atoms with E-state index < -0.39 is 0 Å². The first-order chi connectivity index (χ1) is 13.7. The smallest absolute Gasteiger partial charge is 0.256 e. The summed E-state index contributed by atoms with van der Waals surface area (Å²) in [6.45, 7) is 3.26. The van der Waals surface area contributed by atoms with Gasteiger partial charge in [0.15, 0.2) is 0 Å². The second kappa shape index (κ2) is 7.88. The van der Waals surface area contributed by atoms with E-state index >= 15 is 0 Å². The molecule has 0 saturated carbocycles. The lowest BCUT2D eigenvalue weighted by Gasteiger charge is -2.21. The molecule has 0 bridgehead atoms. The van der Waals surface area contributed by atoms with E-state index in [0.29, 0.717) is 31.1 Å². The Bertz CT molecular complexity index is 945. The maximum atomic E-state index is 13.2. The molecule has 28 heavy (non-hydrogen) atoms. The molecule has 1 aliphatic rings. The highest BCUT2D eigenvalue weighted by atomic mass is 16.5. The summed E-state index contributed by atoms with van der Waals surface area (Å²) in [4.78, 5) is 19.2. The van der Waals surface area contributed by atoms with Crippen molar-refractivity contribution in [2.75, 3.05) is 6.61 Å². The first kappa shape index (κ1) is 18.3. The molecular weight excluding hydrogens is 356 g/mol. The zero-order chi connectivity index (χ0) is 19.5. The molecule has 0 unspecified atom stereocenters. The summed E-state index contributed by atoms with van der Waals surface area (Å²) in [6.07, 6.45) is 6.39. The lowest BCUT2D eigenvalue weighted by molar-refractivity contribution is 0.0714. The van der Waals surface area contributed by atoms with Gasteiger partial charge in [-0.25, -0.2) is 4.98 Å². The van der Waals surface area contributed by atoms with Crippen LogP contribution in [-0.2, 0) is 33.0 Å². The summed E-state index contributed by atoms with van der Waals surface area (Å²) in [5, 5.41) is 4.67. The second-order valence-electron chi connectivity index (χ2n) is 6.91. The number of hydrogen-bond donors (Lipinski definition) is 0. The summed E-state index contributed by atoms with van der Waals surface area (Å²) in [7, 11) is 1.97. The van der Waals surface area contributed by atoms with Gasteiger partial charge in [-0.1, -0.05) is 0 Å². The minimum absolute atomic E-state index is 0.107. The number of carbonyl (C=O) groups is 1. The van der Waals surface area contributed by atoms with Crippen LogP contribution < -0.4 is 4.74 Å². The molecule has 7 heteroatoms. The number of ether oxygens (including phenoxy) is 1. The van der Waals surface area contributed by atoms with Crippen molar-refractivity contribution in [3.8, 4) is 5.88 Å². The minimum atomic E-state index is -0.107. The van der Waals surface area contributed by atoms with Crippen molar-refractivity contribution >= 4 is 5.91 Å². The van der Waals surface area contributed by atoms with E-state index in [1.165, 1.54) is 11.3 Å². The van der Waals surface area contributed by atoms with Crippen LogP contribution in [0.1, 0.15) is 46.4 Å². The first-order valence-electron chi connectivity index (χ1n) is 9.60. The Morgan fingerprint density at radius 2 is 2.18 bits per heavy atom. The number of fused-ring (bicyclic) bond motifs is 1. The van der Waals surface area contributed by atoms with Crippen LogP contribution in [-0.4, -0.2) is 32.2 Å². The van der Waals surface area contributed by atoms with E-state index in [-0.39, 0.29) is 5.91 Å². The number of pyridine rings is 1. The molecule has 0 fully saturated rings. The molecule has 4 rings (SSSR count). The predicted molar refractivity (Wildman–Crippen MR) is 103 cm³/mol. The van der Waals surface area contributed by atoms with Crippen molar-refractivity contribution < 1.29 is 13.9 Å². The molecule has 3 aromatic rings. The van der Waals surface area contributed by atoms with E-state index in [2.05, 4.69) is 10.1 Å². The molecule has 0 aromatic carbocycles. The van der Waals surface area contributed by atoms with Gasteiger partial charge in [0.2, 0.25) is 5.88 Å². The molecule has 3 aromatic heterocycles. The fourth-order valence-electron chi connectivity index (χ4n) is 3.72. The summed E-state index contributed by atoms with van der Waals surface area (Å²) in [6, 6.07) is 7.17. The highest BCUT2D eigenvalue weighted by Gasteiger charge is 2.25. The quantitative estimate of drug-likeness (QED) is 0.630. The molecule has 3 heterocycles. The van der Waals surface area contributed by atoms with Crippen LogP contribution in [0.3, 0.4) is 0 Å². The number of rotatable bonds is 7. The topological polar surface area (TPSA) is 73.4 Å². The van der Waals surface area contributed by atoms with Crippen LogP contribution in [0, 0.1) is 0 Å². The third-order valence-corrected chi connectivity index (χ3v) is 5.03. The Kier molecular flexibility index (Phi) is 5.14. The van der Waals surface area contributed by atoms with Gasteiger partial charge in [0.25, 0.3) is 5.91 Å². The van der Waals surface area contributed by atoms with E-state index in [0.717, 1.165) is 30.7 Å². The number of furan rings is 1. The van der Waals surface area contributed by atoms with E-state index in [1.807, 2.05) is 30.8 Å². The van der Waals surface area contributed by atoms with Crippen LogP contribution in [0.2, 0.25) is 0 Å². The SMILES string of the molecule is CCOc1ccc(C(=O)N(Cc2ccco2)Cc2nn(C)c3c2CCC3)cn1. The van der Waals surface area contributed by atoms with Gasteiger partial charge < -0.3 is 14.1 Å². The van der Waals surface area contributed by atoms with Crippen molar-refractivity contribution in [1.82, 2.24) is 19.7 Å². The third-order valence-electron chi connectivity index (χ3n) is 5.03. The zero-order valence-electron chi connectivity index (χ0n) is 16.2. The third kappa shape index (κ3) is 3.65. The first-order valence-corrected chi connectivity index (χ1v) is 9.60. The van der Waals surface area contributed by atoms with Crippen molar-refractivity contribution in [3.05, 3.63) is 65.0 Å². The van der Waals surface area contributed by atoms with E-state index in [4.69, 9.17) is 9.15 Å². The molecule has 1 amide bonds. The van der Waals surface area contributed by atoms with Gasteiger partial charge in [-0.15, -0.1) is 0 Å². The van der Waals surface area contributed by atoms with Gasteiger partial charge in [-0.05, 0) is 49.9 Å². The minimum Gasteiger partial charge on any atom is -0.478 e. The highest BCUT2D eigenvalue weighted by molar-refractivity contribution is 5.93.